The Kier molecular flexibility index (Phi) is 3.32. The van der Waals surface area contributed by atoms with Gasteiger partial charge in [-0.15, -0.1) is 0 Å². The molecule has 1 fully saturated rings. The minimum Gasteiger partial charge on any atom is -0.423 e. The fraction of sp³-hybridized carbons (Fsp3) is 0.333. The Labute approximate surface area is 73.4 Å². The lowest BCUT2D eigenvalue weighted by atomic mass is 9.77. The summed E-state index contributed by atoms with van der Waals surface area (Å²) < 4.78 is 5.05. The normalized spacial score (nSPS) is 25.1. The highest BCUT2D eigenvalue weighted by atomic mass is 16.5. The Morgan fingerprint density at radius 2 is 2.25 bits per heavy atom. The maximum absolute atomic E-state index is 9.35. The summed E-state index contributed by atoms with van der Waals surface area (Å²) in [5.74, 6) is 0. The summed E-state index contributed by atoms with van der Waals surface area (Å²) >= 11 is 0. The van der Waals surface area contributed by atoms with Crippen molar-refractivity contribution in [1.29, 1.82) is 0 Å². The van der Waals surface area contributed by atoms with Gasteiger partial charge in [-0.25, -0.2) is 0 Å². The van der Waals surface area contributed by atoms with Crippen molar-refractivity contribution >= 4 is 7.12 Å². The average Bonchev–Trinajstić information content (AvgIpc) is 2.43. The van der Waals surface area contributed by atoms with E-state index in [1.54, 1.807) is 0 Å². The van der Waals surface area contributed by atoms with E-state index in [-0.39, 0.29) is 0 Å². The molecular weight excluding hydrogens is 151 g/mol. The van der Waals surface area contributed by atoms with Crippen LogP contribution in [0.1, 0.15) is 13.8 Å². The second-order valence-corrected chi connectivity index (χ2v) is 2.63. The van der Waals surface area contributed by atoms with Gasteiger partial charge in [-0.2, -0.15) is 0 Å². The van der Waals surface area contributed by atoms with Gasteiger partial charge in [0.15, 0.2) is 0 Å². The fourth-order valence-corrected chi connectivity index (χ4v) is 1.14. The van der Waals surface area contributed by atoms with E-state index in [0.29, 0.717) is 6.61 Å². The predicted octanol–water partition coefficient (Wildman–Crippen LogP) is 1.49. The third kappa shape index (κ3) is 1.87. The molecule has 0 aliphatic carbocycles. The molecule has 1 N–H and O–H groups in total. The molecule has 2 nitrogen and oxygen atoms in total. The summed E-state index contributed by atoms with van der Waals surface area (Å²) in [5.41, 5.74) is 1.94. The van der Waals surface area contributed by atoms with Crippen LogP contribution in [0.4, 0.5) is 0 Å². The Morgan fingerprint density at radius 3 is 2.83 bits per heavy atom. The first-order valence-electron chi connectivity index (χ1n) is 4.07. The molecule has 0 aromatic rings. The molecule has 0 aromatic heterocycles. The Hall–Kier alpha value is -0.795. The van der Waals surface area contributed by atoms with Gasteiger partial charge in [0, 0.05) is 0 Å². The largest absolute Gasteiger partial charge is 0.491 e. The van der Waals surface area contributed by atoms with Crippen LogP contribution in [0, 0.1) is 0 Å². The molecule has 0 saturated carbocycles. The van der Waals surface area contributed by atoms with Crippen molar-refractivity contribution < 1.29 is 9.68 Å². The second kappa shape index (κ2) is 4.29. The van der Waals surface area contributed by atoms with Crippen molar-refractivity contribution in [1.82, 2.24) is 0 Å². The van der Waals surface area contributed by atoms with Crippen molar-refractivity contribution in [3.05, 3.63) is 35.3 Å². The molecule has 12 heavy (non-hydrogen) atoms. The molecular formula is C9H13BO2. The van der Waals surface area contributed by atoms with Crippen LogP contribution >= 0.6 is 0 Å². The quantitative estimate of drug-likeness (QED) is 0.594. The van der Waals surface area contributed by atoms with Crippen LogP contribution in [-0.2, 0) is 4.65 Å². The lowest BCUT2D eigenvalue weighted by Gasteiger charge is -1.95. The zero-order chi connectivity index (χ0) is 8.97. The van der Waals surface area contributed by atoms with Gasteiger partial charge in [0.25, 0.3) is 0 Å². The van der Waals surface area contributed by atoms with E-state index in [1.165, 1.54) is 0 Å². The zero-order valence-electron chi connectivity index (χ0n) is 7.45. The van der Waals surface area contributed by atoms with Gasteiger partial charge in [-0.05, 0) is 24.9 Å². The van der Waals surface area contributed by atoms with Crippen molar-refractivity contribution in [2.24, 2.45) is 0 Å². The molecule has 0 amide bonds. The van der Waals surface area contributed by atoms with Gasteiger partial charge in [0.05, 0.1) is 6.61 Å². The van der Waals surface area contributed by atoms with Gasteiger partial charge >= 0.3 is 7.12 Å². The number of hydrogen-bond donors (Lipinski definition) is 1. The van der Waals surface area contributed by atoms with Gasteiger partial charge in [-0.1, -0.05) is 24.3 Å². The highest BCUT2D eigenvalue weighted by Gasteiger charge is 2.28. The molecule has 0 aromatic carbocycles. The molecule has 64 valence electrons. The summed E-state index contributed by atoms with van der Waals surface area (Å²) in [6, 6.07) is 0. The summed E-state index contributed by atoms with van der Waals surface area (Å²) in [6.45, 7) is 4.40. The maximum atomic E-state index is 9.35. The molecule has 1 heterocycles. The van der Waals surface area contributed by atoms with Crippen molar-refractivity contribution in [3.63, 3.8) is 0 Å². The van der Waals surface area contributed by atoms with Gasteiger partial charge < -0.3 is 9.68 Å². The van der Waals surface area contributed by atoms with E-state index in [0.717, 1.165) is 11.0 Å². The molecule has 1 aliphatic heterocycles. The van der Waals surface area contributed by atoms with Gasteiger partial charge in [0.2, 0.25) is 0 Å². The van der Waals surface area contributed by atoms with Gasteiger partial charge in [-0.3, -0.25) is 0 Å². The lowest BCUT2D eigenvalue weighted by molar-refractivity contribution is 0.316. The Balaban J connectivity index is 2.84. The maximum Gasteiger partial charge on any atom is 0.491 e. The first-order chi connectivity index (χ1) is 5.79. The topological polar surface area (TPSA) is 29.5 Å². The predicted molar refractivity (Wildman–Crippen MR) is 50.6 cm³/mol. The first-order valence-corrected chi connectivity index (χ1v) is 4.07. The standard InChI is InChI=1S/C9H13BO2/c1-3-5-6-9-8(4-2)7-12-10(9)11/h3-6,11H,7H2,1-2H3/b5-3-,8-4-,9-6+. The van der Waals surface area contributed by atoms with Crippen molar-refractivity contribution in [3.8, 4) is 0 Å². The fourth-order valence-electron chi connectivity index (χ4n) is 1.14. The Bertz CT molecular complexity index is 241. The van der Waals surface area contributed by atoms with Gasteiger partial charge in [0.1, 0.15) is 0 Å². The van der Waals surface area contributed by atoms with Crippen LogP contribution in [0.3, 0.4) is 0 Å². The molecule has 0 atom stereocenters. The highest BCUT2D eigenvalue weighted by Crippen LogP contribution is 2.21. The summed E-state index contributed by atoms with van der Waals surface area (Å²) in [7, 11) is -0.743. The molecule has 0 radical (unpaired) electrons. The van der Waals surface area contributed by atoms with Crippen LogP contribution in [0.5, 0.6) is 0 Å². The second-order valence-electron chi connectivity index (χ2n) is 2.63. The zero-order valence-corrected chi connectivity index (χ0v) is 7.45. The molecule has 1 saturated heterocycles. The van der Waals surface area contributed by atoms with Crippen molar-refractivity contribution in [2.75, 3.05) is 6.61 Å². The van der Waals surface area contributed by atoms with Crippen LogP contribution in [-0.4, -0.2) is 18.7 Å². The van der Waals surface area contributed by atoms with Crippen LogP contribution in [0.25, 0.3) is 0 Å². The van der Waals surface area contributed by atoms with E-state index in [2.05, 4.69) is 0 Å². The molecule has 0 bridgehead atoms. The van der Waals surface area contributed by atoms with E-state index in [1.807, 2.05) is 38.2 Å². The highest BCUT2D eigenvalue weighted by molar-refractivity contribution is 6.55. The molecule has 1 rings (SSSR count). The molecule has 1 aliphatic rings. The number of allylic oxidation sites excluding steroid dienone is 4. The smallest absolute Gasteiger partial charge is 0.423 e. The third-order valence-electron chi connectivity index (χ3n) is 1.85. The van der Waals surface area contributed by atoms with Crippen LogP contribution in [0.2, 0.25) is 0 Å². The molecule has 3 heteroatoms. The number of hydrogen-bond acceptors (Lipinski definition) is 2. The number of rotatable bonds is 1. The van der Waals surface area contributed by atoms with Crippen LogP contribution < -0.4 is 0 Å². The molecule has 0 unspecified atom stereocenters. The van der Waals surface area contributed by atoms with Crippen molar-refractivity contribution in [2.45, 2.75) is 13.8 Å². The first kappa shape index (κ1) is 9.29. The van der Waals surface area contributed by atoms with E-state index in [4.69, 9.17) is 4.65 Å². The minimum absolute atomic E-state index is 0.515. The van der Waals surface area contributed by atoms with E-state index >= 15 is 0 Å². The third-order valence-corrected chi connectivity index (χ3v) is 1.85. The lowest BCUT2D eigenvalue weighted by Crippen LogP contribution is -2.12. The SMILES string of the molecule is C\C=C/C=C1/B(O)OC/C1=C/C. The Morgan fingerprint density at radius 1 is 1.50 bits per heavy atom. The molecule has 0 spiro atoms. The summed E-state index contributed by atoms with van der Waals surface area (Å²) in [5, 5.41) is 9.35. The monoisotopic (exact) mass is 164 g/mol. The minimum atomic E-state index is -0.743. The summed E-state index contributed by atoms with van der Waals surface area (Å²) in [6.07, 6.45) is 7.67. The average molecular weight is 164 g/mol. The van der Waals surface area contributed by atoms with E-state index in [9.17, 15) is 5.02 Å². The van der Waals surface area contributed by atoms with Crippen LogP contribution in [0.15, 0.2) is 35.3 Å². The van der Waals surface area contributed by atoms with E-state index < -0.39 is 7.12 Å². The summed E-state index contributed by atoms with van der Waals surface area (Å²) in [4.78, 5) is 0.